The van der Waals surface area contributed by atoms with E-state index >= 15 is 0 Å². The Labute approximate surface area is 83.1 Å². The van der Waals surface area contributed by atoms with Gasteiger partial charge in [0, 0.05) is 0 Å². The van der Waals surface area contributed by atoms with E-state index < -0.39 is 0 Å². The van der Waals surface area contributed by atoms with Gasteiger partial charge in [-0.2, -0.15) is 0 Å². The van der Waals surface area contributed by atoms with Gasteiger partial charge < -0.3 is 5.73 Å². The van der Waals surface area contributed by atoms with Crippen LogP contribution < -0.4 is 5.73 Å². The van der Waals surface area contributed by atoms with Gasteiger partial charge in [-0.15, -0.1) is 0 Å². The molecule has 1 fully saturated rings. The summed E-state index contributed by atoms with van der Waals surface area (Å²) in [5.74, 6) is 1.63. The number of nitrogens with two attached hydrogens (primary N) is 1. The monoisotopic (exact) mass is 183 g/mol. The first kappa shape index (κ1) is 11.0. The number of hydrogen-bond acceptors (Lipinski definition) is 1. The van der Waals surface area contributed by atoms with Crippen molar-refractivity contribution in [2.24, 2.45) is 23.0 Å². The molecule has 78 valence electrons. The van der Waals surface area contributed by atoms with Crippen molar-refractivity contribution in [2.45, 2.75) is 52.9 Å². The second kappa shape index (κ2) is 4.45. The molecule has 0 amide bonds. The summed E-state index contributed by atoms with van der Waals surface area (Å²) in [6.07, 6.45) is 7.13. The van der Waals surface area contributed by atoms with E-state index in [9.17, 15) is 0 Å². The van der Waals surface area contributed by atoms with Crippen LogP contribution in [0.3, 0.4) is 0 Å². The first-order valence-corrected chi connectivity index (χ1v) is 5.76. The zero-order chi connectivity index (χ0) is 9.90. The van der Waals surface area contributed by atoms with Gasteiger partial charge in [0.05, 0.1) is 0 Å². The molecule has 1 aliphatic carbocycles. The summed E-state index contributed by atoms with van der Waals surface area (Å²) in [5.41, 5.74) is 6.29. The predicted octanol–water partition coefficient (Wildman–Crippen LogP) is 3.19. The molecule has 0 radical (unpaired) electrons. The fourth-order valence-electron chi connectivity index (χ4n) is 2.79. The summed E-state index contributed by atoms with van der Waals surface area (Å²) in [7, 11) is 0. The first-order chi connectivity index (χ1) is 6.05. The Kier molecular flexibility index (Phi) is 3.78. The van der Waals surface area contributed by atoms with E-state index in [0.717, 1.165) is 18.4 Å². The standard InChI is InChI=1S/C12H25N/c1-12(2,3)11(9-13)10-7-5-4-6-8-10/h10-11H,4-9,13H2,1-3H3. The van der Waals surface area contributed by atoms with Crippen molar-refractivity contribution < 1.29 is 0 Å². The minimum Gasteiger partial charge on any atom is -0.330 e. The average molecular weight is 183 g/mol. The van der Waals surface area contributed by atoms with Gasteiger partial charge in [-0.25, -0.2) is 0 Å². The van der Waals surface area contributed by atoms with Crippen molar-refractivity contribution in [1.29, 1.82) is 0 Å². The van der Waals surface area contributed by atoms with E-state index in [-0.39, 0.29) is 0 Å². The lowest BCUT2D eigenvalue weighted by Crippen LogP contribution is -2.35. The maximum Gasteiger partial charge on any atom is -0.00412 e. The highest BCUT2D eigenvalue weighted by Gasteiger charge is 2.31. The van der Waals surface area contributed by atoms with Gasteiger partial charge in [0.15, 0.2) is 0 Å². The van der Waals surface area contributed by atoms with Gasteiger partial charge in [0.25, 0.3) is 0 Å². The largest absolute Gasteiger partial charge is 0.330 e. The molecule has 13 heavy (non-hydrogen) atoms. The molecule has 0 aromatic rings. The number of hydrogen-bond donors (Lipinski definition) is 1. The Balaban J connectivity index is 2.54. The van der Waals surface area contributed by atoms with Crippen LogP contribution in [0.25, 0.3) is 0 Å². The van der Waals surface area contributed by atoms with Gasteiger partial charge in [-0.1, -0.05) is 52.9 Å². The molecule has 1 nitrogen and oxygen atoms in total. The summed E-state index contributed by atoms with van der Waals surface area (Å²) in [6.45, 7) is 7.87. The molecule has 2 N–H and O–H groups in total. The van der Waals surface area contributed by atoms with Crippen LogP contribution in [0.4, 0.5) is 0 Å². The van der Waals surface area contributed by atoms with E-state index in [0.29, 0.717) is 5.41 Å². The summed E-state index contributed by atoms with van der Waals surface area (Å²) < 4.78 is 0. The summed E-state index contributed by atoms with van der Waals surface area (Å²) in [5, 5.41) is 0. The summed E-state index contributed by atoms with van der Waals surface area (Å²) in [4.78, 5) is 0. The van der Waals surface area contributed by atoms with E-state index in [1.165, 1.54) is 32.1 Å². The fraction of sp³-hybridized carbons (Fsp3) is 1.00. The molecule has 1 atom stereocenters. The highest BCUT2D eigenvalue weighted by molar-refractivity contribution is 4.82. The minimum absolute atomic E-state index is 0.400. The third-order valence-corrected chi connectivity index (χ3v) is 3.59. The highest BCUT2D eigenvalue weighted by Crippen LogP contribution is 2.38. The topological polar surface area (TPSA) is 26.0 Å². The van der Waals surface area contributed by atoms with Crippen LogP contribution in [0.15, 0.2) is 0 Å². The second-order valence-electron chi connectivity index (χ2n) is 5.61. The van der Waals surface area contributed by atoms with Gasteiger partial charge in [-0.05, 0) is 23.8 Å². The molecule has 0 heterocycles. The molecule has 1 unspecified atom stereocenters. The van der Waals surface area contributed by atoms with Crippen molar-refractivity contribution >= 4 is 0 Å². The van der Waals surface area contributed by atoms with Crippen LogP contribution in [0.1, 0.15) is 52.9 Å². The zero-order valence-corrected chi connectivity index (χ0v) is 9.47. The zero-order valence-electron chi connectivity index (χ0n) is 9.47. The SMILES string of the molecule is CC(C)(C)C(CN)C1CCCCC1. The van der Waals surface area contributed by atoms with Gasteiger partial charge >= 0.3 is 0 Å². The van der Waals surface area contributed by atoms with Gasteiger partial charge in [0.1, 0.15) is 0 Å². The van der Waals surface area contributed by atoms with Gasteiger partial charge in [0.2, 0.25) is 0 Å². The van der Waals surface area contributed by atoms with Crippen molar-refractivity contribution in [3.8, 4) is 0 Å². The predicted molar refractivity (Wildman–Crippen MR) is 58.6 cm³/mol. The van der Waals surface area contributed by atoms with Crippen LogP contribution in [0.2, 0.25) is 0 Å². The summed E-state index contributed by atoms with van der Waals surface area (Å²) in [6, 6.07) is 0. The third-order valence-electron chi connectivity index (χ3n) is 3.59. The van der Waals surface area contributed by atoms with Crippen molar-refractivity contribution in [2.75, 3.05) is 6.54 Å². The van der Waals surface area contributed by atoms with E-state index in [1.807, 2.05) is 0 Å². The van der Waals surface area contributed by atoms with Crippen LogP contribution >= 0.6 is 0 Å². The Bertz CT molecular complexity index is 140. The molecule has 1 heteroatoms. The maximum atomic E-state index is 5.89. The third kappa shape index (κ3) is 2.98. The van der Waals surface area contributed by atoms with Crippen LogP contribution in [0.5, 0.6) is 0 Å². The van der Waals surface area contributed by atoms with E-state index in [2.05, 4.69) is 20.8 Å². The molecule has 1 aliphatic rings. The number of rotatable bonds is 2. The molecule has 1 saturated carbocycles. The molecule has 1 rings (SSSR count). The molecule has 0 spiro atoms. The minimum atomic E-state index is 0.400. The average Bonchev–Trinajstić information content (AvgIpc) is 2.05. The molecule has 0 saturated heterocycles. The Morgan fingerprint density at radius 2 is 1.69 bits per heavy atom. The van der Waals surface area contributed by atoms with Crippen molar-refractivity contribution in [1.82, 2.24) is 0 Å². The van der Waals surface area contributed by atoms with E-state index in [1.54, 1.807) is 0 Å². The Morgan fingerprint density at radius 3 is 2.08 bits per heavy atom. The van der Waals surface area contributed by atoms with Crippen LogP contribution in [-0.2, 0) is 0 Å². The molecule has 0 bridgehead atoms. The Morgan fingerprint density at radius 1 is 1.15 bits per heavy atom. The van der Waals surface area contributed by atoms with E-state index in [4.69, 9.17) is 5.73 Å². The fourth-order valence-corrected chi connectivity index (χ4v) is 2.79. The second-order valence-corrected chi connectivity index (χ2v) is 5.61. The van der Waals surface area contributed by atoms with Crippen LogP contribution in [-0.4, -0.2) is 6.54 Å². The summed E-state index contributed by atoms with van der Waals surface area (Å²) >= 11 is 0. The molecular formula is C12H25N. The lowest BCUT2D eigenvalue weighted by molar-refractivity contribution is 0.131. The molecule has 0 aromatic carbocycles. The van der Waals surface area contributed by atoms with Crippen LogP contribution in [0, 0.1) is 17.3 Å². The van der Waals surface area contributed by atoms with Crippen molar-refractivity contribution in [3.05, 3.63) is 0 Å². The molecular weight excluding hydrogens is 158 g/mol. The molecule has 0 aromatic heterocycles. The smallest absolute Gasteiger partial charge is 0.00412 e. The highest BCUT2D eigenvalue weighted by atomic mass is 14.6. The Hall–Kier alpha value is -0.0400. The van der Waals surface area contributed by atoms with Gasteiger partial charge in [-0.3, -0.25) is 0 Å². The first-order valence-electron chi connectivity index (χ1n) is 5.76. The van der Waals surface area contributed by atoms with Crippen molar-refractivity contribution in [3.63, 3.8) is 0 Å². The molecule has 0 aliphatic heterocycles. The maximum absolute atomic E-state index is 5.89. The lowest BCUT2D eigenvalue weighted by Gasteiger charge is -2.38. The normalized spacial score (nSPS) is 23.1. The quantitative estimate of drug-likeness (QED) is 0.699. The lowest BCUT2D eigenvalue weighted by atomic mass is 9.68.